The van der Waals surface area contributed by atoms with Crippen molar-refractivity contribution >= 4 is 28.0 Å². The molecule has 1 rings (SSSR count). The van der Waals surface area contributed by atoms with Gasteiger partial charge in [0.1, 0.15) is 0 Å². The van der Waals surface area contributed by atoms with Gasteiger partial charge in [0.2, 0.25) is 0 Å². The van der Waals surface area contributed by atoms with E-state index in [1.807, 2.05) is 25.1 Å². The highest BCUT2D eigenvalue weighted by Gasteiger charge is 2.08. The van der Waals surface area contributed by atoms with Crippen LogP contribution in [0.2, 0.25) is 0 Å². The number of carboxylic acid groups (broad SMARTS) is 1. The van der Waals surface area contributed by atoms with Crippen molar-refractivity contribution in [2.75, 3.05) is 13.7 Å². The normalized spacial score (nSPS) is 10.7. The molecule has 0 amide bonds. The van der Waals surface area contributed by atoms with Gasteiger partial charge in [-0.05, 0) is 47.7 Å². The molecule has 0 aliphatic carbocycles. The van der Waals surface area contributed by atoms with E-state index in [4.69, 9.17) is 14.6 Å². The Morgan fingerprint density at radius 2 is 2.16 bits per heavy atom. The fourth-order valence-corrected chi connectivity index (χ4v) is 1.89. The van der Waals surface area contributed by atoms with Gasteiger partial charge < -0.3 is 14.6 Å². The molecule has 0 atom stereocenters. The molecule has 0 bridgehead atoms. The van der Waals surface area contributed by atoms with E-state index >= 15 is 0 Å². The molecule has 0 radical (unpaired) electrons. The van der Waals surface area contributed by atoms with E-state index in [9.17, 15) is 4.79 Å². The Morgan fingerprint density at radius 1 is 1.42 bits per heavy atom. The summed E-state index contributed by atoms with van der Waals surface area (Å²) in [6.45, 7) is 2.34. The lowest BCUT2D eigenvalue weighted by molar-refractivity contribution is -0.137. The quantitative estimate of drug-likeness (QED) is 0.777. The van der Waals surface area contributed by atoms with Crippen LogP contribution in [0.5, 0.6) is 11.5 Å². The molecule has 4 nitrogen and oxygen atoms in total. The van der Waals surface area contributed by atoms with Gasteiger partial charge >= 0.3 is 5.97 Å². The maximum atomic E-state index is 10.4. The number of carboxylic acids is 1. The molecule has 0 aliphatic heterocycles. The summed E-state index contributed by atoms with van der Waals surface area (Å²) in [6, 6.07) is 3.78. The highest BCUT2D eigenvalue weighted by atomic mass is 79.9. The molecule has 1 aromatic rings. The average molecular weight is 329 g/mol. The van der Waals surface area contributed by atoms with Crippen LogP contribution in [0.1, 0.15) is 24.0 Å². The van der Waals surface area contributed by atoms with Crippen LogP contribution in [0.4, 0.5) is 0 Å². The van der Waals surface area contributed by atoms with Crippen LogP contribution in [-0.4, -0.2) is 24.8 Å². The fraction of sp³-hybridized carbons (Fsp3) is 0.357. The smallest absolute Gasteiger partial charge is 0.303 e. The van der Waals surface area contributed by atoms with Crippen molar-refractivity contribution in [1.82, 2.24) is 0 Å². The number of aliphatic carboxylic acids is 1. The third kappa shape index (κ3) is 4.95. The maximum Gasteiger partial charge on any atom is 0.303 e. The molecule has 0 aliphatic rings. The van der Waals surface area contributed by atoms with E-state index in [1.165, 1.54) is 0 Å². The Hall–Kier alpha value is -1.49. The van der Waals surface area contributed by atoms with Gasteiger partial charge in [0.25, 0.3) is 0 Å². The summed E-state index contributed by atoms with van der Waals surface area (Å²) in [5.41, 5.74) is 2.09. The van der Waals surface area contributed by atoms with Gasteiger partial charge in [0.15, 0.2) is 11.5 Å². The van der Waals surface area contributed by atoms with E-state index in [2.05, 4.69) is 15.9 Å². The number of ether oxygens (including phenoxy) is 2. The van der Waals surface area contributed by atoms with Crippen LogP contribution in [0.15, 0.2) is 17.1 Å². The van der Waals surface area contributed by atoms with Crippen molar-refractivity contribution in [3.05, 3.63) is 28.2 Å². The Balaban J connectivity index is 2.79. The average Bonchev–Trinajstić information content (AvgIpc) is 2.37. The molecule has 0 heterocycles. The number of methoxy groups -OCH3 is 1. The lowest BCUT2D eigenvalue weighted by atomic mass is 10.1. The van der Waals surface area contributed by atoms with E-state index in [0.717, 1.165) is 11.1 Å². The Labute approximate surface area is 121 Å². The number of hydrogen-bond donors (Lipinski definition) is 1. The van der Waals surface area contributed by atoms with Gasteiger partial charge in [-0.3, -0.25) is 4.79 Å². The van der Waals surface area contributed by atoms with E-state index in [-0.39, 0.29) is 6.42 Å². The minimum atomic E-state index is -0.817. The van der Waals surface area contributed by atoms with Gasteiger partial charge in [-0.15, -0.1) is 0 Å². The van der Waals surface area contributed by atoms with Crippen molar-refractivity contribution in [1.29, 1.82) is 0 Å². The van der Waals surface area contributed by atoms with Crippen LogP contribution in [-0.2, 0) is 4.79 Å². The van der Waals surface area contributed by atoms with Crippen LogP contribution in [0.25, 0.3) is 6.08 Å². The van der Waals surface area contributed by atoms with Gasteiger partial charge in [-0.2, -0.15) is 0 Å². The molecule has 0 saturated carbocycles. The second-order valence-electron chi connectivity index (χ2n) is 4.00. The molecule has 1 aromatic carbocycles. The Kier molecular flexibility index (Phi) is 6.42. The minimum absolute atomic E-state index is 0.0995. The number of halogens is 1. The molecule has 0 spiro atoms. The standard InChI is InChI=1S/C14H17BrO4/c1-10-8-12(18-2)13(9-11(10)5-6-15)19-7-3-4-14(16)17/h5-6,8-9H,3-4,7H2,1-2H3,(H,16,17). The second kappa shape index (κ2) is 7.84. The molecule has 104 valence electrons. The van der Waals surface area contributed by atoms with Crippen molar-refractivity contribution in [2.45, 2.75) is 19.8 Å². The molecule has 0 fully saturated rings. The largest absolute Gasteiger partial charge is 0.493 e. The lowest BCUT2D eigenvalue weighted by Crippen LogP contribution is -2.03. The van der Waals surface area contributed by atoms with Crippen LogP contribution in [0.3, 0.4) is 0 Å². The summed E-state index contributed by atoms with van der Waals surface area (Å²) in [7, 11) is 1.58. The number of hydrogen-bond acceptors (Lipinski definition) is 3. The van der Waals surface area contributed by atoms with Crippen molar-refractivity contribution in [3.63, 3.8) is 0 Å². The van der Waals surface area contributed by atoms with E-state index in [0.29, 0.717) is 24.5 Å². The molecule has 0 unspecified atom stereocenters. The minimum Gasteiger partial charge on any atom is -0.493 e. The number of carbonyl (C=O) groups is 1. The van der Waals surface area contributed by atoms with Crippen LogP contribution >= 0.6 is 15.9 Å². The molecule has 1 N–H and O–H groups in total. The highest BCUT2D eigenvalue weighted by molar-refractivity contribution is 9.11. The third-order valence-electron chi connectivity index (χ3n) is 2.59. The number of aryl methyl sites for hydroxylation is 1. The number of rotatable bonds is 7. The third-order valence-corrected chi connectivity index (χ3v) is 2.85. The zero-order valence-corrected chi connectivity index (χ0v) is 12.6. The van der Waals surface area contributed by atoms with Gasteiger partial charge in [0, 0.05) is 6.42 Å². The molecule has 0 aromatic heterocycles. The topological polar surface area (TPSA) is 55.8 Å². The molecular formula is C14H17BrO4. The zero-order valence-electron chi connectivity index (χ0n) is 11.0. The zero-order chi connectivity index (χ0) is 14.3. The molecule has 0 saturated heterocycles. The maximum absolute atomic E-state index is 10.4. The van der Waals surface area contributed by atoms with E-state index < -0.39 is 5.97 Å². The van der Waals surface area contributed by atoms with E-state index in [1.54, 1.807) is 12.1 Å². The fourth-order valence-electron chi connectivity index (χ4n) is 1.60. The molecular weight excluding hydrogens is 312 g/mol. The van der Waals surface area contributed by atoms with Crippen molar-refractivity contribution < 1.29 is 19.4 Å². The van der Waals surface area contributed by atoms with Gasteiger partial charge in [-0.25, -0.2) is 0 Å². The first kappa shape index (κ1) is 15.6. The van der Waals surface area contributed by atoms with Crippen molar-refractivity contribution in [2.24, 2.45) is 0 Å². The summed E-state index contributed by atoms with van der Waals surface area (Å²) < 4.78 is 10.8. The molecule has 5 heteroatoms. The van der Waals surface area contributed by atoms with Gasteiger partial charge in [-0.1, -0.05) is 15.9 Å². The molecule has 19 heavy (non-hydrogen) atoms. The van der Waals surface area contributed by atoms with Crippen molar-refractivity contribution in [3.8, 4) is 11.5 Å². The highest BCUT2D eigenvalue weighted by Crippen LogP contribution is 2.31. The Bertz CT molecular complexity index is 469. The first-order valence-electron chi connectivity index (χ1n) is 5.88. The summed E-state index contributed by atoms with van der Waals surface area (Å²) in [6.07, 6.45) is 2.48. The monoisotopic (exact) mass is 328 g/mol. The number of benzene rings is 1. The predicted octanol–water partition coefficient (Wildman–Crippen LogP) is 3.61. The summed E-state index contributed by atoms with van der Waals surface area (Å²) >= 11 is 3.24. The predicted molar refractivity (Wildman–Crippen MR) is 78.1 cm³/mol. The first-order valence-corrected chi connectivity index (χ1v) is 6.80. The SMILES string of the molecule is COc1cc(C)c(C=CBr)cc1OCCCC(=O)O. The lowest BCUT2D eigenvalue weighted by Gasteiger charge is -2.13. The van der Waals surface area contributed by atoms with Crippen LogP contribution in [0, 0.1) is 6.92 Å². The second-order valence-corrected chi connectivity index (χ2v) is 4.53. The van der Waals surface area contributed by atoms with Gasteiger partial charge in [0.05, 0.1) is 13.7 Å². The van der Waals surface area contributed by atoms with Crippen LogP contribution < -0.4 is 9.47 Å². The summed E-state index contributed by atoms with van der Waals surface area (Å²) in [4.78, 5) is 12.2. The summed E-state index contributed by atoms with van der Waals surface area (Å²) in [5, 5.41) is 8.57. The first-order chi connectivity index (χ1) is 9.08. The Morgan fingerprint density at radius 3 is 2.74 bits per heavy atom. The summed E-state index contributed by atoms with van der Waals surface area (Å²) in [5.74, 6) is 0.459.